The number of aryl methyl sites for hydroxylation is 2. The minimum atomic E-state index is -0.248. The van der Waals surface area contributed by atoms with Gasteiger partial charge in [-0.15, -0.1) is 0 Å². The van der Waals surface area contributed by atoms with Gasteiger partial charge in [0.25, 0.3) is 0 Å². The standard InChI is InChI=1S/C22H36O3/c1-5-19-15-20(6-2)17-21(16-19)22(23)25-14-13-24-12-10-8-7-9-11-18(3)4/h15-18H,5-14H2,1-4H3. The average Bonchev–Trinajstić information content (AvgIpc) is 2.62. The van der Waals surface area contributed by atoms with Crippen LogP contribution >= 0.6 is 0 Å². The second-order valence-electron chi connectivity index (χ2n) is 7.09. The van der Waals surface area contributed by atoms with E-state index in [2.05, 4.69) is 33.8 Å². The third-order valence-electron chi connectivity index (χ3n) is 4.39. The molecule has 25 heavy (non-hydrogen) atoms. The van der Waals surface area contributed by atoms with Crippen LogP contribution in [0.2, 0.25) is 0 Å². The SMILES string of the molecule is CCc1cc(CC)cc(C(=O)OCCOCCCCCCC(C)C)c1. The van der Waals surface area contributed by atoms with Crippen LogP contribution < -0.4 is 0 Å². The monoisotopic (exact) mass is 348 g/mol. The van der Waals surface area contributed by atoms with Crippen molar-refractivity contribution < 1.29 is 14.3 Å². The number of hydrogen-bond donors (Lipinski definition) is 0. The molecule has 3 nitrogen and oxygen atoms in total. The van der Waals surface area contributed by atoms with Crippen LogP contribution in [-0.2, 0) is 22.3 Å². The maximum absolute atomic E-state index is 12.2. The summed E-state index contributed by atoms with van der Waals surface area (Å²) in [6.45, 7) is 10.3. The van der Waals surface area contributed by atoms with Crippen LogP contribution in [0.15, 0.2) is 18.2 Å². The Hall–Kier alpha value is -1.35. The van der Waals surface area contributed by atoms with E-state index in [1.807, 2.05) is 12.1 Å². The largest absolute Gasteiger partial charge is 0.460 e. The van der Waals surface area contributed by atoms with Crippen LogP contribution in [0.3, 0.4) is 0 Å². The first kappa shape index (κ1) is 21.7. The van der Waals surface area contributed by atoms with E-state index in [-0.39, 0.29) is 5.97 Å². The Morgan fingerprint density at radius 3 is 2.12 bits per heavy atom. The number of ether oxygens (including phenoxy) is 2. The molecule has 0 saturated heterocycles. The quantitative estimate of drug-likeness (QED) is 0.344. The molecule has 1 aromatic carbocycles. The average molecular weight is 349 g/mol. The van der Waals surface area contributed by atoms with Gasteiger partial charge in [-0.2, -0.15) is 0 Å². The molecule has 0 aromatic heterocycles. The summed E-state index contributed by atoms with van der Waals surface area (Å²) in [6, 6.07) is 6.01. The highest BCUT2D eigenvalue weighted by molar-refractivity contribution is 5.89. The number of benzene rings is 1. The summed E-state index contributed by atoms with van der Waals surface area (Å²) >= 11 is 0. The lowest BCUT2D eigenvalue weighted by Gasteiger charge is -2.09. The lowest BCUT2D eigenvalue weighted by Crippen LogP contribution is -2.12. The molecule has 0 unspecified atom stereocenters. The predicted molar refractivity (Wildman–Crippen MR) is 104 cm³/mol. The van der Waals surface area contributed by atoms with E-state index in [1.54, 1.807) is 0 Å². The molecule has 0 aliphatic rings. The fourth-order valence-corrected chi connectivity index (χ4v) is 2.78. The minimum absolute atomic E-state index is 0.248. The van der Waals surface area contributed by atoms with Crippen LogP contribution in [0.25, 0.3) is 0 Å². The molecule has 0 aliphatic carbocycles. The molecule has 0 spiro atoms. The van der Waals surface area contributed by atoms with Crippen molar-refractivity contribution in [3.05, 3.63) is 34.9 Å². The Labute approximate surface area is 154 Å². The topological polar surface area (TPSA) is 35.5 Å². The summed E-state index contributed by atoms with van der Waals surface area (Å²) in [7, 11) is 0. The molecule has 0 aliphatic heterocycles. The van der Waals surface area contributed by atoms with Gasteiger partial charge in [0.1, 0.15) is 6.61 Å². The molecule has 142 valence electrons. The van der Waals surface area contributed by atoms with Gasteiger partial charge in [0.2, 0.25) is 0 Å². The molecular weight excluding hydrogens is 312 g/mol. The summed E-state index contributed by atoms with van der Waals surface area (Å²) < 4.78 is 10.9. The van der Waals surface area contributed by atoms with E-state index >= 15 is 0 Å². The summed E-state index contributed by atoms with van der Waals surface area (Å²) in [5.74, 6) is 0.555. The number of carbonyl (C=O) groups excluding carboxylic acids is 1. The lowest BCUT2D eigenvalue weighted by atomic mass is 10.0. The number of esters is 1. The first-order chi connectivity index (χ1) is 12.1. The second-order valence-corrected chi connectivity index (χ2v) is 7.09. The number of rotatable bonds is 13. The first-order valence-corrected chi connectivity index (χ1v) is 9.94. The fourth-order valence-electron chi connectivity index (χ4n) is 2.78. The van der Waals surface area contributed by atoms with Gasteiger partial charge in [-0.1, -0.05) is 59.4 Å². The summed E-state index contributed by atoms with van der Waals surface area (Å²) in [6.07, 6.45) is 8.06. The van der Waals surface area contributed by atoms with Crippen LogP contribution in [0.1, 0.15) is 81.3 Å². The molecular formula is C22H36O3. The molecule has 0 amide bonds. The molecule has 3 heteroatoms. The van der Waals surface area contributed by atoms with Gasteiger partial charge >= 0.3 is 5.97 Å². The van der Waals surface area contributed by atoms with Gasteiger partial charge < -0.3 is 9.47 Å². The first-order valence-electron chi connectivity index (χ1n) is 9.94. The zero-order valence-electron chi connectivity index (χ0n) is 16.6. The maximum Gasteiger partial charge on any atom is 0.338 e. The molecule has 1 rings (SSSR count). The van der Waals surface area contributed by atoms with Crippen molar-refractivity contribution in [2.24, 2.45) is 5.92 Å². The van der Waals surface area contributed by atoms with E-state index in [9.17, 15) is 4.79 Å². The predicted octanol–water partition coefficient (Wildman–Crippen LogP) is 5.59. The molecule has 0 radical (unpaired) electrons. The van der Waals surface area contributed by atoms with Gasteiger partial charge in [0.05, 0.1) is 12.2 Å². The highest BCUT2D eigenvalue weighted by Crippen LogP contribution is 2.13. The fraction of sp³-hybridized carbons (Fsp3) is 0.682. The Morgan fingerprint density at radius 1 is 0.880 bits per heavy atom. The normalized spacial score (nSPS) is 11.1. The minimum Gasteiger partial charge on any atom is -0.460 e. The Balaban J connectivity index is 2.15. The van der Waals surface area contributed by atoms with Crippen molar-refractivity contribution in [2.45, 2.75) is 72.6 Å². The molecule has 0 atom stereocenters. The van der Waals surface area contributed by atoms with E-state index in [4.69, 9.17) is 9.47 Å². The zero-order valence-corrected chi connectivity index (χ0v) is 16.6. The van der Waals surface area contributed by atoms with Crippen LogP contribution in [0, 0.1) is 5.92 Å². The second kappa shape index (κ2) is 12.9. The number of unbranched alkanes of at least 4 members (excludes halogenated alkanes) is 3. The molecule has 1 aromatic rings. The smallest absolute Gasteiger partial charge is 0.338 e. The highest BCUT2D eigenvalue weighted by atomic mass is 16.6. The summed E-state index contributed by atoms with van der Waals surface area (Å²) in [5, 5.41) is 0. The number of carbonyl (C=O) groups is 1. The van der Waals surface area contributed by atoms with Gasteiger partial charge in [0.15, 0.2) is 0 Å². The van der Waals surface area contributed by atoms with Crippen LogP contribution in [0.4, 0.5) is 0 Å². The van der Waals surface area contributed by atoms with E-state index in [0.29, 0.717) is 18.8 Å². The lowest BCUT2D eigenvalue weighted by molar-refractivity contribution is 0.0312. The van der Waals surface area contributed by atoms with E-state index in [0.717, 1.165) is 31.8 Å². The van der Waals surface area contributed by atoms with Gasteiger partial charge in [-0.25, -0.2) is 4.79 Å². The zero-order chi connectivity index (χ0) is 18.5. The van der Waals surface area contributed by atoms with Crippen LogP contribution in [0.5, 0.6) is 0 Å². The highest BCUT2D eigenvalue weighted by Gasteiger charge is 2.09. The van der Waals surface area contributed by atoms with Gasteiger partial charge in [-0.3, -0.25) is 0 Å². The van der Waals surface area contributed by atoms with Gasteiger partial charge in [0, 0.05) is 6.61 Å². The third kappa shape index (κ3) is 9.64. The summed E-state index contributed by atoms with van der Waals surface area (Å²) in [5.41, 5.74) is 3.02. The summed E-state index contributed by atoms with van der Waals surface area (Å²) in [4.78, 5) is 12.2. The Bertz CT molecular complexity index is 472. The van der Waals surface area contributed by atoms with Crippen molar-refractivity contribution in [1.29, 1.82) is 0 Å². The Kier molecular flexibility index (Phi) is 11.2. The van der Waals surface area contributed by atoms with Crippen molar-refractivity contribution in [1.82, 2.24) is 0 Å². The maximum atomic E-state index is 12.2. The van der Waals surface area contributed by atoms with Crippen molar-refractivity contribution >= 4 is 5.97 Å². The molecule has 0 heterocycles. The van der Waals surface area contributed by atoms with E-state index in [1.165, 1.54) is 36.8 Å². The molecule has 0 saturated carbocycles. The third-order valence-corrected chi connectivity index (χ3v) is 4.39. The van der Waals surface area contributed by atoms with Crippen LogP contribution in [-0.4, -0.2) is 25.8 Å². The van der Waals surface area contributed by atoms with Crippen molar-refractivity contribution in [3.63, 3.8) is 0 Å². The molecule has 0 fully saturated rings. The Morgan fingerprint density at radius 2 is 1.52 bits per heavy atom. The molecule has 0 N–H and O–H groups in total. The number of hydrogen-bond acceptors (Lipinski definition) is 3. The molecule has 0 bridgehead atoms. The van der Waals surface area contributed by atoms with Gasteiger partial charge in [-0.05, 0) is 48.4 Å². The van der Waals surface area contributed by atoms with Crippen molar-refractivity contribution in [2.75, 3.05) is 19.8 Å². The van der Waals surface area contributed by atoms with E-state index < -0.39 is 0 Å². The van der Waals surface area contributed by atoms with Crippen molar-refractivity contribution in [3.8, 4) is 0 Å².